The van der Waals surface area contributed by atoms with Gasteiger partial charge in [-0.05, 0) is 42.7 Å². The van der Waals surface area contributed by atoms with Gasteiger partial charge in [-0.3, -0.25) is 4.79 Å². The van der Waals surface area contributed by atoms with Gasteiger partial charge in [-0.15, -0.1) is 0 Å². The third-order valence-electron chi connectivity index (χ3n) is 4.06. The number of nitrogens with one attached hydrogen (secondary N) is 1. The molecule has 0 aliphatic heterocycles. The van der Waals surface area contributed by atoms with E-state index in [-0.39, 0.29) is 5.57 Å². The zero-order valence-corrected chi connectivity index (χ0v) is 16.8. The molecule has 0 fully saturated rings. The summed E-state index contributed by atoms with van der Waals surface area (Å²) in [5.41, 5.74) is 1.75. The molecule has 0 bridgehead atoms. The van der Waals surface area contributed by atoms with Crippen LogP contribution in [-0.4, -0.2) is 32.8 Å². The molecule has 0 unspecified atom stereocenters. The van der Waals surface area contributed by atoms with Gasteiger partial charge in [-0.2, -0.15) is 5.26 Å². The van der Waals surface area contributed by atoms with Crippen LogP contribution in [0.4, 0.5) is 0 Å². The minimum atomic E-state index is -0.410. The Morgan fingerprint density at radius 1 is 1.17 bits per heavy atom. The molecule has 1 N–H and O–H groups in total. The summed E-state index contributed by atoms with van der Waals surface area (Å²) in [6, 6.07) is 17.1. The van der Waals surface area contributed by atoms with Gasteiger partial charge in [0.15, 0.2) is 11.5 Å². The monoisotopic (exact) mass is 394 g/mol. The number of amides is 1. The number of carbonyl (C=O) groups is 1. The average molecular weight is 394 g/mol. The quantitative estimate of drug-likeness (QED) is 0.357. The highest BCUT2D eigenvalue weighted by atomic mass is 16.5. The Kier molecular flexibility index (Phi) is 9.26. The lowest BCUT2D eigenvalue weighted by Gasteiger charge is -2.11. The van der Waals surface area contributed by atoms with Gasteiger partial charge in [0.05, 0.1) is 7.11 Å². The molecular formula is C23H26N2O4. The molecule has 6 heteroatoms. The molecule has 1 amide bonds. The molecule has 2 rings (SSSR count). The van der Waals surface area contributed by atoms with Gasteiger partial charge in [0, 0.05) is 19.8 Å². The van der Waals surface area contributed by atoms with Gasteiger partial charge in [-0.25, -0.2) is 0 Å². The highest BCUT2D eigenvalue weighted by molar-refractivity contribution is 6.01. The zero-order valence-electron chi connectivity index (χ0n) is 16.8. The maximum Gasteiger partial charge on any atom is 0.261 e. The van der Waals surface area contributed by atoms with E-state index in [1.807, 2.05) is 43.3 Å². The first-order valence-corrected chi connectivity index (χ1v) is 9.50. The number of rotatable bonds is 11. The second-order valence-corrected chi connectivity index (χ2v) is 6.16. The fourth-order valence-electron chi connectivity index (χ4n) is 2.56. The first kappa shape index (κ1) is 22.0. The van der Waals surface area contributed by atoms with E-state index in [2.05, 4.69) is 5.32 Å². The number of methoxy groups -OCH3 is 1. The Balaban J connectivity index is 2.02. The Labute approximate surface area is 171 Å². The van der Waals surface area contributed by atoms with E-state index in [0.717, 1.165) is 5.56 Å². The summed E-state index contributed by atoms with van der Waals surface area (Å²) in [4.78, 5) is 12.2. The standard InChI is InChI=1S/C23H26N2O4/c1-3-28-13-7-12-25-23(26)20(16-24)14-19-10-11-21(22(15-19)27-2)29-17-18-8-5-4-6-9-18/h4-6,8-11,14-15H,3,7,12-13,17H2,1-2H3,(H,25,26)/b20-14+. The van der Waals surface area contributed by atoms with Gasteiger partial charge >= 0.3 is 0 Å². The summed E-state index contributed by atoms with van der Waals surface area (Å²) >= 11 is 0. The lowest BCUT2D eigenvalue weighted by Crippen LogP contribution is -2.26. The van der Waals surface area contributed by atoms with Crippen LogP contribution in [0.3, 0.4) is 0 Å². The predicted octanol–water partition coefficient (Wildman–Crippen LogP) is 3.72. The van der Waals surface area contributed by atoms with Crippen molar-refractivity contribution in [2.45, 2.75) is 20.0 Å². The van der Waals surface area contributed by atoms with E-state index in [4.69, 9.17) is 14.2 Å². The van der Waals surface area contributed by atoms with Crippen LogP contribution in [0.2, 0.25) is 0 Å². The van der Waals surface area contributed by atoms with E-state index < -0.39 is 5.91 Å². The summed E-state index contributed by atoms with van der Waals surface area (Å²) in [5, 5.41) is 12.1. The summed E-state index contributed by atoms with van der Waals surface area (Å²) in [6.07, 6.45) is 2.22. The molecular weight excluding hydrogens is 368 g/mol. The van der Waals surface area contributed by atoms with Crippen molar-refractivity contribution in [2.24, 2.45) is 0 Å². The number of ether oxygens (including phenoxy) is 3. The van der Waals surface area contributed by atoms with Gasteiger partial charge in [0.25, 0.3) is 5.91 Å². The summed E-state index contributed by atoms with van der Waals surface area (Å²) in [5.74, 6) is 0.712. The third kappa shape index (κ3) is 7.32. The van der Waals surface area contributed by atoms with Gasteiger partial charge < -0.3 is 19.5 Å². The predicted molar refractivity (Wildman–Crippen MR) is 111 cm³/mol. The van der Waals surface area contributed by atoms with Crippen LogP contribution in [0.1, 0.15) is 24.5 Å². The molecule has 0 aliphatic carbocycles. The summed E-state index contributed by atoms with van der Waals surface area (Å²) in [7, 11) is 1.55. The highest BCUT2D eigenvalue weighted by Crippen LogP contribution is 2.29. The van der Waals surface area contributed by atoms with Gasteiger partial charge in [0.2, 0.25) is 0 Å². The van der Waals surface area contributed by atoms with Crippen molar-refractivity contribution >= 4 is 12.0 Å². The SMILES string of the molecule is CCOCCCNC(=O)/C(C#N)=C/c1ccc(OCc2ccccc2)c(OC)c1. The smallest absolute Gasteiger partial charge is 0.261 e. The average Bonchev–Trinajstić information content (AvgIpc) is 2.76. The van der Waals surface area contributed by atoms with Crippen LogP contribution in [0.15, 0.2) is 54.1 Å². The van der Waals surface area contributed by atoms with E-state index in [0.29, 0.717) is 49.8 Å². The second-order valence-electron chi connectivity index (χ2n) is 6.16. The Hall–Kier alpha value is -3.30. The van der Waals surface area contributed by atoms with Crippen molar-refractivity contribution in [1.82, 2.24) is 5.32 Å². The van der Waals surface area contributed by atoms with Crippen LogP contribution in [-0.2, 0) is 16.1 Å². The van der Waals surface area contributed by atoms with Crippen molar-refractivity contribution < 1.29 is 19.0 Å². The fraction of sp³-hybridized carbons (Fsp3) is 0.304. The number of benzene rings is 2. The number of hydrogen-bond donors (Lipinski definition) is 1. The normalized spacial score (nSPS) is 10.9. The molecule has 152 valence electrons. The summed E-state index contributed by atoms with van der Waals surface area (Å²) < 4.78 is 16.5. The van der Waals surface area contributed by atoms with Crippen LogP contribution < -0.4 is 14.8 Å². The minimum absolute atomic E-state index is 0.0291. The third-order valence-corrected chi connectivity index (χ3v) is 4.06. The van der Waals surface area contributed by atoms with Crippen molar-refractivity contribution in [3.63, 3.8) is 0 Å². The molecule has 0 spiro atoms. The van der Waals surface area contributed by atoms with E-state index in [1.165, 1.54) is 6.08 Å². The number of nitriles is 1. The maximum absolute atomic E-state index is 12.2. The molecule has 0 aliphatic rings. The molecule has 0 saturated carbocycles. The molecule has 29 heavy (non-hydrogen) atoms. The summed E-state index contributed by atoms with van der Waals surface area (Å²) in [6.45, 7) is 4.00. The lowest BCUT2D eigenvalue weighted by atomic mass is 10.1. The number of hydrogen-bond acceptors (Lipinski definition) is 5. The largest absolute Gasteiger partial charge is 0.493 e. The van der Waals surface area contributed by atoms with Gasteiger partial charge in [-0.1, -0.05) is 36.4 Å². The molecule has 0 atom stereocenters. The molecule has 0 radical (unpaired) electrons. The highest BCUT2D eigenvalue weighted by Gasteiger charge is 2.10. The van der Waals surface area contributed by atoms with Crippen molar-refractivity contribution in [3.8, 4) is 17.6 Å². The Morgan fingerprint density at radius 3 is 2.66 bits per heavy atom. The second kappa shape index (κ2) is 12.2. The zero-order chi connectivity index (χ0) is 20.9. The Morgan fingerprint density at radius 2 is 1.97 bits per heavy atom. The van der Waals surface area contributed by atoms with Crippen molar-refractivity contribution in [3.05, 3.63) is 65.2 Å². The molecule has 0 saturated heterocycles. The van der Waals surface area contributed by atoms with Crippen LogP contribution >= 0.6 is 0 Å². The van der Waals surface area contributed by atoms with Crippen LogP contribution in [0, 0.1) is 11.3 Å². The first-order valence-electron chi connectivity index (χ1n) is 9.50. The van der Waals surface area contributed by atoms with E-state index >= 15 is 0 Å². The van der Waals surface area contributed by atoms with Crippen LogP contribution in [0.5, 0.6) is 11.5 Å². The topological polar surface area (TPSA) is 80.6 Å². The van der Waals surface area contributed by atoms with E-state index in [1.54, 1.807) is 25.3 Å². The van der Waals surface area contributed by atoms with Crippen LogP contribution in [0.25, 0.3) is 6.08 Å². The maximum atomic E-state index is 12.2. The first-order chi connectivity index (χ1) is 14.2. The van der Waals surface area contributed by atoms with Crippen molar-refractivity contribution in [1.29, 1.82) is 5.26 Å². The molecule has 6 nitrogen and oxygen atoms in total. The van der Waals surface area contributed by atoms with Crippen molar-refractivity contribution in [2.75, 3.05) is 26.9 Å². The Bertz CT molecular complexity index is 857. The molecule has 2 aromatic rings. The number of nitrogens with zero attached hydrogens (tertiary/aromatic N) is 1. The van der Waals surface area contributed by atoms with E-state index in [9.17, 15) is 10.1 Å². The number of carbonyl (C=O) groups excluding carboxylic acids is 1. The minimum Gasteiger partial charge on any atom is -0.493 e. The molecule has 0 heterocycles. The molecule has 2 aromatic carbocycles. The van der Waals surface area contributed by atoms with Gasteiger partial charge in [0.1, 0.15) is 18.2 Å². The fourth-order valence-corrected chi connectivity index (χ4v) is 2.56. The lowest BCUT2D eigenvalue weighted by molar-refractivity contribution is -0.117. The molecule has 0 aromatic heterocycles.